The van der Waals surface area contributed by atoms with Gasteiger partial charge in [-0.3, -0.25) is 14.4 Å². The zero-order valence-corrected chi connectivity index (χ0v) is 12.9. The van der Waals surface area contributed by atoms with Gasteiger partial charge in [-0.1, -0.05) is 11.6 Å². The summed E-state index contributed by atoms with van der Waals surface area (Å²) in [6.45, 7) is 6.85. The van der Waals surface area contributed by atoms with Crippen molar-refractivity contribution in [2.24, 2.45) is 7.05 Å². The fourth-order valence-corrected chi connectivity index (χ4v) is 2.65. The highest BCUT2D eigenvalue weighted by molar-refractivity contribution is 6.30. The monoisotopic (exact) mass is 300 g/mol. The van der Waals surface area contributed by atoms with E-state index in [1.165, 1.54) is 0 Å². The number of amides is 1. The number of ether oxygens (including phenoxy) is 1. The van der Waals surface area contributed by atoms with Crippen LogP contribution in [-0.4, -0.2) is 52.9 Å². The van der Waals surface area contributed by atoms with Crippen molar-refractivity contribution in [2.75, 3.05) is 26.3 Å². The third-order valence-corrected chi connectivity index (χ3v) is 4.00. The molecule has 20 heavy (non-hydrogen) atoms. The highest BCUT2D eigenvalue weighted by atomic mass is 35.5. The number of carbonyl (C=O) groups excluding carboxylic acids is 1. The number of rotatable bonds is 4. The van der Waals surface area contributed by atoms with Gasteiger partial charge in [0.1, 0.15) is 11.2 Å². The van der Waals surface area contributed by atoms with Gasteiger partial charge in [0, 0.05) is 32.2 Å². The summed E-state index contributed by atoms with van der Waals surface area (Å²) in [5.74, 6) is 0.00451. The minimum Gasteiger partial charge on any atom is -0.378 e. The zero-order valence-electron chi connectivity index (χ0n) is 12.1. The number of morpholine rings is 1. The van der Waals surface area contributed by atoms with Crippen molar-refractivity contribution in [3.63, 3.8) is 0 Å². The summed E-state index contributed by atoms with van der Waals surface area (Å²) >= 11 is 6.26. The summed E-state index contributed by atoms with van der Waals surface area (Å²) < 4.78 is 7.09. The lowest BCUT2D eigenvalue weighted by Gasteiger charge is -2.34. The fourth-order valence-electron chi connectivity index (χ4n) is 2.42. The zero-order chi connectivity index (χ0) is 14.7. The number of carbonyl (C=O) groups is 1. The first-order valence-electron chi connectivity index (χ1n) is 6.82. The molecule has 1 aromatic rings. The van der Waals surface area contributed by atoms with Gasteiger partial charge >= 0.3 is 0 Å². The lowest BCUT2D eigenvalue weighted by Crippen LogP contribution is -2.53. The first-order chi connectivity index (χ1) is 9.54. The lowest BCUT2D eigenvalue weighted by atomic mass is 10.1. The van der Waals surface area contributed by atoms with Gasteiger partial charge in [0.25, 0.3) is 0 Å². The summed E-state index contributed by atoms with van der Waals surface area (Å²) in [7, 11) is 1.82. The predicted octanol–water partition coefficient (Wildman–Crippen LogP) is 0.719. The lowest BCUT2D eigenvalue weighted by molar-refractivity contribution is -0.132. The Morgan fingerprint density at radius 1 is 1.60 bits per heavy atom. The van der Waals surface area contributed by atoms with Gasteiger partial charge < -0.3 is 10.1 Å². The maximum Gasteiger partial charge on any atom is 0.239 e. The SMILES string of the molecule is CCNC(=O)C1COCCN1Cc1c(C)nn(C)c1Cl. The van der Waals surface area contributed by atoms with Crippen molar-refractivity contribution in [2.45, 2.75) is 26.4 Å². The standard InChI is InChI=1S/C13H21ClN4O2/c1-4-15-13(19)11-8-20-6-5-18(11)7-10-9(2)16-17(3)12(10)14/h11H,4-8H2,1-3H3,(H,15,19). The van der Waals surface area contributed by atoms with Crippen LogP contribution in [0.5, 0.6) is 0 Å². The van der Waals surface area contributed by atoms with Crippen molar-refractivity contribution >= 4 is 17.5 Å². The second kappa shape index (κ2) is 6.56. The van der Waals surface area contributed by atoms with E-state index < -0.39 is 0 Å². The van der Waals surface area contributed by atoms with Crippen LogP contribution in [0.25, 0.3) is 0 Å². The van der Waals surface area contributed by atoms with Gasteiger partial charge in [0.15, 0.2) is 0 Å². The van der Waals surface area contributed by atoms with Crippen molar-refractivity contribution in [3.05, 3.63) is 16.4 Å². The number of aromatic nitrogens is 2. The summed E-state index contributed by atoms with van der Waals surface area (Å²) in [6, 6.07) is -0.264. The molecule has 1 saturated heterocycles. The van der Waals surface area contributed by atoms with E-state index in [0.717, 1.165) is 11.3 Å². The first kappa shape index (κ1) is 15.3. The van der Waals surface area contributed by atoms with Gasteiger partial charge in [-0.2, -0.15) is 5.10 Å². The number of aryl methyl sites for hydroxylation is 2. The summed E-state index contributed by atoms with van der Waals surface area (Å²) in [6.07, 6.45) is 0. The van der Waals surface area contributed by atoms with E-state index in [-0.39, 0.29) is 11.9 Å². The van der Waals surface area contributed by atoms with E-state index in [1.807, 2.05) is 20.9 Å². The van der Waals surface area contributed by atoms with Crippen LogP contribution in [-0.2, 0) is 23.1 Å². The van der Waals surface area contributed by atoms with E-state index in [1.54, 1.807) is 4.68 Å². The van der Waals surface area contributed by atoms with Crippen LogP contribution in [0.2, 0.25) is 5.15 Å². The Bertz CT molecular complexity index is 489. The Labute approximate surface area is 124 Å². The quantitative estimate of drug-likeness (QED) is 0.890. The summed E-state index contributed by atoms with van der Waals surface area (Å²) in [5, 5.41) is 7.79. The van der Waals surface area contributed by atoms with Crippen LogP contribution in [0.1, 0.15) is 18.2 Å². The maximum absolute atomic E-state index is 12.1. The number of nitrogens with one attached hydrogen (secondary N) is 1. The minimum absolute atomic E-state index is 0.00451. The molecule has 2 heterocycles. The number of halogens is 1. The van der Waals surface area contributed by atoms with Crippen LogP contribution >= 0.6 is 11.6 Å². The summed E-state index contributed by atoms with van der Waals surface area (Å²) in [4.78, 5) is 14.2. The molecule has 0 spiro atoms. The minimum atomic E-state index is -0.264. The largest absolute Gasteiger partial charge is 0.378 e. The van der Waals surface area contributed by atoms with Crippen LogP contribution in [0, 0.1) is 6.92 Å². The molecule has 0 aromatic carbocycles. The topological polar surface area (TPSA) is 59.4 Å². The third kappa shape index (κ3) is 3.13. The molecule has 1 fully saturated rings. The number of hydrogen-bond donors (Lipinski definition) is 1. The van der Waals surface area contributed by atoms with Gasteiger partial charge in [0.2, 0.25) is 5.91 Å². The van der Waals surface area contributed by atoms with Crippen molar-refractivity contribution in [1.29, 1.82) is 0 Å². The molecule has 1 unspecified atom stereocenters. The number of nitrogens with zero attached hydrogens (tertiary/aromatic N) is 3. The van der Waals surface area contributed by atoms with Gasteiger partial charge in [-0.05, 0) is 13.8 Å². The normalized spacial score (nSPS) is 20.1. The van der Waals surface area contributed by atoms with Crippen LogP contribution in [0.4, 0.5) is 0 Å². The second-order valence-electron chi connectivity index (χ2n) is 4.93. The molecule has 1 aliphatic rings. The second-order valence-corrected chi connectivity index (χ2v) is 5.29. The molecule has 0 saturated carbocycles. The van der Waals surface area contributed by atoms with E-state index >= 15 is 0 Å². The molecule has 1 aromatic heterocycles. The number of hydrogen-bond acceptors (Lipinski definition) is 4. The molecule has 1 amide bonds. The Morgan fingerprint density at radius 3 is 2.95 bits per heavy atom. The van der Waals surface area contributed by atoms with E-state index in [9.17, 15) is 4.79 Å². The van der Waals surface area contributed by atoms with Gasteiger partial charge in [0.05, 0.1) is 18.9 Å². The predicted molar refractivity (Wildman–Crippen MR) is 76.7 cm³/mol. The molecule has 6 nitrogen and oxygen atoms in total. The van der Waals surface area contributed by atoms with Crippen LogP contribution in [0.15, 0.2) is 0 Å². The van der Waals surface area contributed by atoms with E-state index in [2.05, 4.69) is 15.3 Å². The maximum atomic E-state index is 12.1. The molecule has 7 heteroatoms. The average Bonchev–Trinajstić information content (AvgIpc) is 2.66. The van der Waals surface area contributed by atoms with Crippen LogP contribution in [0.3, 0.4) is 0 Å². The molecule has 0 radical (unpaired) electrons. The number of likely N-dealkylation sites (N-methyl/N-ethyl adjacent to an activating group) is 1. The molecule has 1 aliphatic heterocycles. The molecule has 112 valence electrons. The molecular formula is C13H21ClN4O2. The Balaban J connectivity index is 2.14. The first-order valence-corrected chi connectivity index (χ1v) is 7.19. The summed E-state index contributed by atoms with van der Waals surface area (Å²) in [5.41, 5.74) is 1.88. The highest BCUT2D eigenvalue weighted by Crippen LogP contribution is 2.22. The van der Waals surface area contributed by atoms with Crippen LogP contribution < -0.4 is 5.32 Å². The molecule has 0 bridgehead atoms. The van der Waals surface area contributed by atoms with Gasteiger partial charge in [-0.15, -0.1) is 0 Å². The Morgan fingerprint density at radius 2 is 2.35 bits per heavy atom. The van der Waals surface area contributed by atoms with Crippen molar-refractivity contribution < 1.29 is 9.53 Å². The molecule has 1 atom stereocenters. The molecule has 2 rings (SSSR count). The molecule has 0 aliphatic carbocycles. The van der Waals surface area contributed by atoms with Crippen molar-refractivity contribution in [1.82, 2.24) is 20.0 Å². The molecular weight excluding hydrogens is 280 g/mol. The Hall–Kier alpha value is -1.11. The molecule has 1 N–H and O–H groups in total. The third-order valence-electron chi connectivity index (χ3n) is 3.52. The Kier molecular flexibility index (Phi) is 5.01. The highest BCUT2D eigenvalue weighted by Gasteiger charge is 2.30. The van der Waals surface area contributed by atoms with E-state index in [0.29, 0.717) is 38.0 Å². The van der Waals surface area contributed by atoms with E-state index in [4.69, 9.17) is 16.3 Å². The smallest absolute Gasteiger partial charge is 0.239 e. The average molecular weight is 301 g/mol. The van der Waals surface area contributed by atoms with Gasteiger partial charge in [-0.25, -0.2) is 0 Å². The fraction of sp³-hybridized carbons (Fsp3) is 0.692. The van der Waals surface area contributed by atoms with Crippen molar-refractivity contribution in [3.8, 4) is 0 Å².